The van der Waals surface area contributed by atoms with Gasteiger partial charge in [-0.25, -0.2) is 8.97 Å². The van der Waals surface area contributed by atoms with Gasteiger partial charge < -0.3 is 10.6 Å². The Bertz CT molecular complexity index is 506. The number of likely N-dealkylation sites (tertiary alicyclic amines) is 1. The van der Waals surface area contributed by atoms with Crippen molar-refractivity contribution in [3.05, 3.63) is 0 Å². The molecule has 3 heterocycles. The summed E-state index contributed by atoms with van der Waals surface area (Å²) < 4.78 is 16.6. The summed E-state index contributed by atoms with van der Waals surface area (Å²) in [4.78, 5) is 18.5. The number of amides is 1. The van der Waals surface area contributed by atoms with E-state index in [4.69, 9.17) is 5.73 Å². The van der Waals surface area contributed by atoms with Crippen LogP contribution < -0.4 is 5.73 Å². The van der Waals surface area contributed by atoms with Crippen LogP contribution in [0, 0.1) is 5.92 Å². The quantitative estimate of drug-likeness (QED) is 0.700. The van der Waals surface area contributed by atoms with E-state index in [1.807, 2.05) is 23.4 Å². The molecule has 0 aromatic heterocycles. The molecule has 0 aliphatic carbocycles. The first-order valence-electron chi connectivity index (χ1n) is 9.67. The second kappa shape index (κ2) is 8.10. The van der Waals surface area contributed by atoms with Crippen molar-refractivity contribution in [1.29, 1.82) is 0 Å². The lowest BCUT2D eigenvalue weighted by molar-refractivity contribution is -0.530. The number of carbonyl (C=O) groups excluding carboxylic acids is 1. The van der Waals surface area contributed by atoms with Gasteiger partial charge in [-0.05, 0) is 45.8 Å². The number of hydrogen-bond donors (Lipinski definition) is 1. The first-order valence-corrected chi connectivity index (χ1v) is 9.67. The first-order chi connectivity index (χ1) is 12.0. The molecule has 3 aliphatic heterocycles. The van der Waals surface area contributed by atoms with Crippen LogP contribution in [-0.4, -0.2) is 109 Å². The van der Waals surface area contributed by atoms with E-state index in [1.165, 1.54) is 0 Å². The van der Waals surface area contributed by atoms with Gasteiger partial charge in [-0.15, -0.1) is 0 Å². The van der Waals surface area contributed by atoms with Crippen molar-refractivity contribution in [2.75, 3.05) is 59.4 Å². The van der Waals surface area contributed by atoms with Crippen molar-refractivity contribution < 1.29 is 13.8 Å². The van der Waals surface area contributed by atoms with Gasteiger partial charge in [0.1, 0.15) is 6.54 Å². The summed E-state index contributed by atoms with van der Waals surface area (Å²) in [6.45, 7) is 8.50. The van der Waals surface area contributed by atoms with Crippen LogP contribution in [0.1, 0.15) is 19.8 Å². The van der Waals surface area contributed by atoms with Crippen molar-refractivity contribution >= 4 is 12.1 Å². The van der Waals surface area contributed by atoms with Gasteiger partial charge in [0.2, 0.25) is 5.91 Å². The lowest BCUT2D eigenvalue weighted by Gasteiger charge is -2.42. The number of hydrogen-bond acceptors (Lipinski definition) is 4. The van der Waals surface area contributed by atoms with Crippen LogP contribution in [0.15, 0.2) is 0 Å². The van der Waals surface area contributed by atoms with Crippen LogP contribution in [0.2, 0.25) is 0 Å². The van der Waals surface area contributed by atoms with Gasteiger partial charge in [0, 0.05) is 19.6 Å². The van der Waals surface area contributed by atoms with E-state index in [1.54, 1.807) is 6.21 Å². The molecule has 3 rings (SSSR count). The highest BCUT2D eigenvalue weighted by Crippen LogP contribution is 2.24. The van der Waals surface area contributed by atoms with Crippen molar-refractivity contribution in [1.82, 2.24) is 14.7 Å². The van der Waals surface area contributed by atoms with E-state index in [0.717, 1.165) is 58.7 Å². The summed E-state index contributed by atoms with van der Waals surface area (Å²) in [5.41, 5.74) is 6.28. The number of nitrogens with zero attached hydrogens (tertiary/aromatic N) is 4. The average molecular weight is 354 g/mol. The van der Waals surface area contributed by atoms with Crippen LogP contribution in [0.25, 0.3) is 0 Å². The van der Waals surface area contributed by atoms with Gasteiger partial charge in [-0.1, -0.05) is 0 Å². The zero-order valence-electron chi connectivity index (χ0n) is 15.6. The summed E-state index contributed by atoms with van der Waals surface area (Å²) in [6.07, 6.45) is 2.77. The molecule has 2 fully saturated rings. The second-order valence-electron chi connectivity index (χ2n) is 7.89. The number of piperidine rings is 1. The highest BCUT2D eigenvalue weighted by Gasteiger charge is 2.41. The third kappa shape index (κ3) is 4.38. The predicted molar refractivity (Wildman–Crippen MR) is 96.8 cm³/mol. The first kappa shape index (κ1) is 18.7. The molecule has 142 valence electrons. The molecule has 0 aromatic rings. The Balaban J connectivity index is 1.50. The monoisotopic (exact) mass is 354 g/mol. The van der Waals surface area contributed by atoms with Crippen LogP contribution in [0.3, 0.4) is 0 Å². The number of piperazine rings is 1. The Morgan fingerprint density at radius 2 is 2.00 bits per heavy atom. The Hall–Kier alpha value is -1.05. The minimum Gasteiger partial charge on any atom is -0.340 e. The average Bonchev–Trinajstić information content (AvgIpc) is 2.58. The highest BCUT2D eigenvalue weighted by atomic mass is 19.1. The molecule has 2 N–H and O–H groups in total. The smallest absolute Gasteiger partial charge is 0.236 e. The maximum absolute atomic E-state index is 14.6. The minimum atomic E-state index is -0.987. The van der Waals surface area contributed by atoms with Crippen molar-refractivity contribution in [2.24, 2.45) is 11.7 Å². The van der Waals surface area contributed by atoms with Gasteiger partial charge >= 0.3 is 0 Å². The van der Waals surface area contributed by atoms with E-state index in [-0.39, 0.29) is 18.0 Å². The van der Waals surface area contributed by atoms with E-state index in [2.05, 4.69) is 9.80 Å². The summed E-state index contributed by atoms with van der Waals surface area (Å²) in [7, 11) is 1.99. The maximum Gasteiger partial charge on any atom is 0.236 e. The molecule has 3 atom stereocenters. The van der Waals surface area contributed by atoms with Crippen LogP contribution in [0.5, 0.6) is 0 Å². The van der Waals surface area contributed by atoms with E-state index < -0.39 is 6.17 Å². The minimum absolute atomic E-state index is 0.143. The number of alkyl halides is 1. The van der Waals surface area contributed by atoms with Crippen molar-refractivity contribution in [2.45, 2.75) is 38.0 Å². The summed E-state index contributed by atoms with van der Waals surface area (Å²) in [5.74, 6) is 0.765. The van der Waals surface area contributed by atoms with Crippen molar-refractivity contribution in [3.8, 4) is 0 Å². The molecule has 0 saturated carbocycles. The Morgan fingerprint density at radius 1 is 1.28 bits per heavy atom. The third-order valence-corrected chi connectivity index (χ3v) is 6.03. The molecule has 6 nitrogen and oxygen atoms in total. The molecule has 0 aromatic carbocycles. The number of rotatable bonds is 4. The number of carbonyl (C=O) groups is 1. The Kier molecular flexibility index (Phi) is 6.07. The number of likely N-dealkylation sites (N-methyl/N-ethyl adjacent to an activating group) is 2. The lowest BCUT2D eigenvalue weighted by atomic mass is 9.91. The number of nitrogens with two attached hydrogens (primary N) is 1. The van der Waals surface area contributed by atoms with Crippen LogP contribution >= 0.6 is 0 Å². The van der Waals surface area contributed by atoms with Gasteiger partial charge in [0.25, 0.3) is 0 Å². The lowest BCUT2D eigenvalue weighted by Crippen LogP contribution is -2.61. The van der Waals surface area contributed by atoms with E-state index in [0.29, 0.717) is 12.5 Å². The van der Waals surface area contributed by atoms with Gasteiger partial charge in [-0.2, -0.15) is 0 Å². The van der Waals surface area contributed by atoms with Gasteiger partial charge in [0.05, 0.1) is 18.6 Å². The SMILES string of the molecule is CC[N+]1=CC(F)C(N2CCC(CN3CCN(C)CC3=O)CC2)C(N)C1. The molecular weight excluding hydrogens is 321 g/mol. The zero-order valence-corrected chi connectivity index (χ0v) is 15.6. The van der Waals surface area contributed by atoms with Crippen LogP contribution in [0.4, 0.5) is 4.39 Å². The summed E-state index contributed by atoms with van der Waals surface area (Å²) in [5, 5.41) is 0. The largest absolute Gasteiger partial charge is 0.340 e. The third-order valence-electron chi connectivity index (χ3n) is 6.03. The summed E-state index contributed by atoms with van der Waals surface area (Å²) >= 11 is 0. The van der Waals surface area contributed by atoms with Crippen molar-refractivity contribution in [3.63, 3.8) is 0 Å². The van der Waals surface area contributed by atoms with Gasteiger partial charge in [-0.3, -0.25) is 14.6 Å². The molecule has 25 heavy (non-hydrogen) atoms. The molecular formula is C18H33FN5O+. The molecule has 0 spiro atoms. The normalized spacial score (nSPS) is 33.6. The Labute approximate surface area is 150 Å². The van der Waals surface area contributed by atoms with Crippen LogP contribution in [-0.2, 0) is 4.79 Å². The molecule has 1 amide bonds. The molecule has 7 heteroatoms. The predicted octanol–water partition coefficient (Wildman–Crippen LogP) is -0.377. The fourth-order valence-electron chi connectivity index (χ4n) is 4.44. The molecule has 0 radical (unpaired) electrons. The Morgan fingerprint density at radius 3 is 2.60 bits per heavy atom. The fraction of sp³-hybridized carbons (Fsp3) is 0.889. The summed E-state index contributed by atoms with van der Waals surface area (Å²) in [6, 6.07) is -0.343. The molecule has 0 bridgehead atoms. The second-order valence-corrected chi connectivity index (χ2v) is 7.89. The molecule has 3 unspecified atom stereocenters. The fourth-order valence-corrected chi connectivity index (χ4v) is 4.44. The van der Waals surface area contributed by atoms with Gasteiger partial charge in [0.15, 0.2) is 18.9 Å². The standard InChI is InChI=1S/C18H33FN5O/c1-3-22-11-15(19)18(16(20)12-22)23-6-4-14(5-7-23)10-24-9-8-21(2)13-17(24)25/h11,14-16,18H,3-10,12-13,20H2,1-2H3/q+1. The zero-order chi connectivity index (χ0) is 18.0. The van der Waals surface area contributed by atoms with E-state index >= 15 is 0 Å². The molecule has 2 saturated heterocycles. The topological polar surface area (TPSA) is 55.8 Å². The maximum atomic E-state index is 14.6. The molecule has 3 aliphatic rings. The highest BCUT2D eigenvalue weighted by molar-refractivity contribution is 5.79. The number of halogens is 1. The van der Waals surface area contributed by atoms with E-state index in [9.17, 15) is 9.18 Å².